The molecule has 108 valence electrons. The second-order valence-corrected chi connectivity index (χ2v) is 4.55. The maximum Gasteiger partial charge on any atom is 0.334 e. The Kier molecular flexibility index (Phi) is 4.17. The molecule has 1 atom stereocenters. The van der Waals surface area contributed by atoms with Gasteiger partial charge in [-0.2, -0.15) is 0 Å². The Morgan fingerprint density at radius 2 is 1.75 bits per heavy atom. The van der Waals surface area contributed by atoms with Crippen LogP contribution in [0.25, 0.3) is 6.08 Å². The van der Waals surface area contributed by atoms with Crippen molar-refractivity contribution in [3.8, 4) is 17.2 Å². The highest BCUT2D eigenvalue weighted by Gasteiger charge is 2.25. The first kappa shape index (κ1) is 14.2. The average molecular weight is 278 g/mol. The molecule has 0 saturated carbocycles. The summed E-state index contributed by atoms with van der Waals surface area (Å²) in [6.07, 6.45) is 2.32. The van der Waals surface area contributed by atoms with Crippen molar-refractivity contribution in [1.29, 1.82) is 0 Å². The van der Waals surface area contributed by atoms with Crippen LogP contribution in [0, 0.1) is 0 Å². The van der Waals surface area contributed by atoms with Crippen LogP contribution in [0.2, 0.25) is 0 Å². The van der Waals surface area contributed by atoms with Crippen LogP contribution >= 0.6 is 0 Å². The summed E-state index contributed by atoms with van der Waals surface area (Å²) < 4.78 is 20.9. The SMILES string of the molecule is COc1cc(C=C2CC(C)OC2=O)cc(OC)c1OC. The fourth-order valence-electron chi connectivity index (χ4n) is 2.20. The summed E-state index contributed by atoms with van der Waals surface area (Å²) in [6, 6.07) is 3.59. The molecular weight excluding hydrogens is 260 g/mol. The molecule has 0 bridgehead atoms. The van der Waals surface area contributed by atoms with E-state index in [0.717, 1.165) is 5.56 Å². The predicted molar refractivity (Wildman–Crippen MR) is 74.2 cm³/mol. The molecule has 1 heterocycles. The third-order valence-electron chi connectivity index (χ3n) is 3.11. The Morgan fingerprint density at radius 1 is 1.15 bits per heavy atom. The third kappa shape index (κ3) is 2.71. The molecule has 1 fully saturated rings. The number of esters is 1. The van der Waals surface area contributed by atoms with E-state index in [2.05, 4.69) is 0 Å². The number of ether oxygens (including phenoxy) is 4. The van der Waals surface area contributed by atoms with E-state index in [1.807, 2.05) is 6.92 Å². The highest BCUT2D eigenvalue weighted by molar-refractivity contribution is 5.95. The zero-order valence-corrected chi connectivity index (χ0v) is 12.1. The third-order valence-corrected chi connectivity index (χ3v) is 3.11. The summed E-state index contributed by atoms with van der Waals surface area (Å²) in [7, 11) is 4.66. The Bertz CT molecular complexity index is 522. The molecule has 0 amide bonds. The number of methoxy groups -OCH3 is 3. The highest BCUT2D eigenvalue weighted by atomic mass is 16.5. The molecule has 1 aromatic rings. The van der Waals surface area contributed by atoms with Crippen molar-refractivity contribution in [2.24, 2.45) is 0 Å². The van der Waals surface area contributed by atoms with Crippen LogP contribution in [0.1, 0.15) is 18.9 Å². The van der Waals surface area contributed by atoms with Crippen LogP contribution in [0.4, 0.5) is 0 Å². The fourth-order valence-corrected chi connectivity index (χ4v) is 2.20. The van der Waals surface area contributed by atoms with Gasteiger partial charge in [-0.3, -0.25) is 0 Å². The normalized spacial score (nSPS) is 19.9. The van der Waals surface area contributed by atoms with Gasteiger partial charge in [0, 0.05) is 12.0 Å². The van der Waals surface area contributed by atoms with E-state index < -0.39 is 0 Å². The molecule has 0 radical (unpaired) electrons. The van der Waals surface area contributed by atoms with Gasteiger partial charge in [0.2, 0.25) is 5.75 Å². The van der Waals surface area contributed by atoms with Crippen molar-refractivity contribution < 1.29 is 23.7 Å². The molecule has 1 unspecified atom stereocenters. The molecule has 1 aliphatic rings. The van der Waals surface area contributed by atoms with Crippen molar-refractivity contribution in [1.82, 2.24) is 0 Å². The van der Waals surface area contributed by atoms with E-state index in [0.29, 0.717) is 29.2 Å². The number of rotatable bonds is 4. The Hall–Kier alpha value is -2.17. The van der Waals surface area contributed by atoms with Crippen LogP contribution in [0.3, 0.4) is 0 Å². The Labute approximate surface area is 118 Å². The van der Waals surface area contributed by atoms with Gasteiger partial charge < -0.3 is 18.9 Å². The van der Waals surface area contributed by atoms with Crippen molar-refractivity contribution >= 4 is 12.0 Å². The molecule has 5 heteroatoms. The van der Waals surface area contributed by atoms with Crippen LogP contribution < -0.4 is 14.2 Å². The van der Waals surface area contributed by atoms with Crippen molar-refractivity contribution in [3.05, 3.63) is 23.3 Å². The highest BCUT2D eigenvalue weighted by Crippen LogP contribution is 2.39. The Morgan fingerprint density at radius 3 is 2.15 bits per heavy atom. The van der Waals surface area contributed by atoms with E-state index in [4.69, 9.17) is 18.9 Å². The number of hydrogen-bond donors (Lipinski definition) is 0. The number of benzene rings is 1. The molecule has 5 nitrogen and oxygen atoms in total. The van der Waals surface area contributed by atoms with Gasteiger partial charge in [-0.15, -0.1) is 0 Å². The minimum absolute atomic E-state index is 0.0733. The lowest BCUT2D eigenvalue weighted by Crippen LogP contribution is -1.99. The van der Waals surface area contributed by atoms with Crippen LogP contribution in [0.5, 0.6) is 17.2 Å². The van der Waals surface area contributed by atoms with E-state index >= 15 is 0 Å². The van der Waals surface area contributed by atoms with Gasteiger partial charge in [-0.25, -0.2) is 4.79 Å². The molecule has 0 N–H and O–H groups in total. The quantitative estimate of drug-likeness (QED) is 0.625. The van der Waals surface area contributed by atoms with Gasteiger partial charge in [0.25, 0.3) is 0 Å². The molecule has 0 aliphatic carbocycles. The van der Waals surface area contributed by atoms with E-state index in [9.17, 15) is 4.79 Å². The maximum absolute atomic E-state index is 11.6. The second-order valence-electron chi connectivity index (χ2n) is 4.55. The van der Waals surface area contributed by atoms with Crippen LogP contribution in [-0.4, -0.2) is 33.4 Å². The van der Waals surface area contributed by atoms with E-state index in [1.54, 1.807) is 39.5 Å². The van der Waals surface area contributed by atoms with Gasteiger partial charge >= 0.3 is 5.97 Å². The summed E-state index contributed by atoms with van der Waals surface area (Å²) in [5.41, 5.74) is 1.45. The predicted octanol–water partition coefficient (Wildman–Crippen LogP) is 2.43. The molecule has 1 aromatic carbocycles. The molecular formula is C15H18O5. The number of hydrogen-bond acceptors (Lipinski definition) is 5. The summed E-state index contributed by atoms with van der Waals surface area (Å²) in [5, 5.41) is 0. The minimum Gasteiger partial charge on any atom is -0.493 e. The summed E-state index contributed by atoms with van der Waals surface area (Å²) in [5.74, 6) is 1.36. The maximum atomic E-state index is 11.6. The van der Waals surface area contributed by atoms with Crippen molar-refractivity contribution in [2.45, 2.75) is 19.4 Å². The standard InChI is InChI=1S/C15H18O5/c1-9-5-11(15(16)20-9)6-10-7-12(17-2)14(19-4)13(8-10)18-3/h6-9H,5H2,1-4H3. The van der Waals surface area contributed by atoms with Gasteiger partial charge in [-0.05, 0) is 30.7 Å². The topological polar surface area (TPSA) is 54.0 Å². The zero-order chi connectivity index (χ0) is 14.7. The largest absolute Gasteiger partial charge is 0.493 e. The lowest BCUT2D eigenvalue weighted by atomic mass is 10.1. The van der Waals surface area contributed by atoms with E-state index in [1.165, 1.54) is 0 Å². The molecule has 1 saturated heterocycles. The van der Waals surface area contributed by atoms with Gasteiger partial charge in [0.1, 0.15) is 6.10 Å². The van der Waals surface area contributed by atoms with Gasteiger partial charge in [-0.1, -0.05) is 0 Å². The number of cyclic esters (lactones) is 1. The van der Waals surface area contributed by atoms with Crippen LogP contribution in [0.15, 0.2) is 17.7 Å². The monoisotopic (exact) mass is 278 g/mol. The molecule has 20 heavy (non-hydrogen) atoms. The number of carbonyl (C=O) groups is 1. The first-order valence-electron chi connectivity index (χ1n) is 6.30. The molecule has 0 aromatic heterocycles. The summed E-state index contributed by atoms with van der Waals surface area (Å²) in [4.78, 5) is 11.6. The van der Waals surface area contributed by atoms with Gasteiger partial charge in [0.15, 0.2) is 11.5 Å². The molecule has 0 spiro atoms. The first-order valence-corrected chi connectivity index (χ1v) is 6.30. The van der Waals surface area contributed by atoms with Crippen LogP contribution in [-0.2, 0) is 9.53 Å². The fraction of sp³-hybridized carbons (Fsp3) is 0.400. The first-order chi connectivity index (χ1) is 9.58. The number of carbonyl (C=O) groups excluding carboxylic acids is 1. The minimum atomic E-state index is -0.272. The second kappa shape index (κ2) is 5.86. The average Bonchev–Trinajstić information content (AvgIpc) is 2.75. The van der Waals surface area contributed by atoms with Gasteiger partial charge in [0.05, 0.1) is 21.3 Å². The van der Waals surface area contributed by atoms with E-state index in [-0.39, 0.29) is 12.1 Å². The smallest absolute Gasteiger partial charge is 0.334 e. The molecule has 1 aliphatic heterocycles. The molecule has 2 rings (SSSR count). The van der Waals surface area contributed by atoms with Crippen molar-refractivity contribution in [2.75, 3.05) is 21.3 Å². The lowest BCUT2D eigenvalue weighted by molar-refractivity contribution is -0.138. The van der Waals surface area contributed by atoms with Crippen molar-refractivity contribution in [3.63, 3.8) is 0 Å². The summed E-state index contributed by atoms with van der Waals surface area (Å²) in [6.45, 7) is 1.87. The zero-order valence-electron chi connectivity index (χ0n) is 12.1. The lowest BCUT2D eigenvalue weighted by Gasteiger charge is -2.13. The Balaban J connectivity index is 2.43. The summed E-state index contributed by atoms with van der Waals surface area (Å²) >= 11 is 0.